The average Bonchev–Trinajstić information content (AvgIpc) is 3.03. The summed E-state index contributed by atoms with van der Waals surface area (Å²) in [6, 6.07) is 5.11. The summed E-state index contributed by atoms with van der Waals surface area (Å²) in [5.41, 5.74) is 0.651. The first-order valence-electron chi connectivity index (χ1n) is 6.41. The van der Waals surface area contributed by atoms with E-state index in [1.54, 1.807) is 29.2 Å². The number of ether oxygens (including phenoxy) is 1. The lowest BCUT2D eigenvalue weighted by molar-refractivity contribution is -0.120. The van der Waals surface area contributed by atoms with Crippen LogP contribution in [-0.2, 0) is 9.53 Å². The van der Waals surface area contributed by atoms with Crippen LogP contribution in [0, 0.1) is 0 Å². The first-order valence-corrected chi connectivity index (χ1v) is 6.41. The second-order valence-electron chi connectivity index (χ2n) is 4.43. The minimum atomic E-state index is -0.311. The smallest absolute Gasteiger partial charge is 0.243 e. The average molecular weight is 273 g/mol. The van der Waals surface area contributed by atoms with Gasteiger partial charge in [0.1, 0.15) is 6.04 Å². The Hall–Kier alpha value is -2.25. The van der Waals surface area contributed by atoms with E-state index in [2.05, 4.69) is 20.7 Å². The monoisotopic (exact) mass is 273 g/mol. The molecule has 2 N–H and O–H groups in total. The van der Waals surface area contributed by atoms with Gasteiger partial charge in [-0.1, -0.05) is 0 Å². The summed E-state index contributed by atoms with van der Waals surface area (Å²) in [6.45, 7) is 1.73. The van der Waals surface area contributed by atoms with Gasteiger partial charge in [0, 0.05) is 18.9 Å². The molecular weight excluding hydrogens is 258 g/mol. The van der Waals surface area contributed by atoms with Gasteiger partial charge < -0.3 is 15.4 Å². The number of anilines is 1. The molecule has 0 aliphatic carbocycles. The molecule has 0 aromatic carbocycles. The van der Waals surface area contributed by atoms with Crippen LogP contribution in [0.5, 0.6) is 0 Å². The number of morpholine rings is 1. The number of carbonyl (C=O) groups is 1. The standard InChI is InChI=1S/C13H15N5O2/c19-13(11-9-20-7-5-14-11)17-10-2-3-12(15-8-10)18-6-1-4-16-18/h1-4,6,8,11,14H,5,7,9H2,(H,17,19)/t11-/m0/s1. The molecule has 0 spiro atoms. The fraction of sp³-hybridized carbons (Fsp3) is 0.308. The molecule has 7 heteroatoms. The molecule has 1 aliphatic rings. The van der Waals surface area contributed by atoms with E-state index < -0.39 is 0 Å². The molecule has 7 nitrogen and oxygen atoms in total. The third-order valence-electron chi connectivity index (χ3n) is 2.99. The van der Waals surface area contributed by atoms with Crippen molar-refractivity contribution in [2.45, 2.75) is 6.04 Å². The Bertz CT molecular complexity index is 561. The van der Waals surface area contributed by atoms with Crippen molar-refractivity contribution in [3.63, 3.8) is 0 Å². The Morgan fingerprint density at radius 2 is 2.45 bits per heavy atom. The lowest BCUT2D eigenvalue weighted by Crippen LogP contribution is -2.48. The number of carbonyl (C=O) groups excluding carboxylic acids is 1. The number of nitrogens with zero attached hydrogens (tertiary/aromatic N) is 3. The van der Waals surface area contributed by atoms with E-state index in [1.165, 1.54) is 0 Å². The fourth-order valence-electron chi connectivity index (χ4n) is 1.96. The third-order valence-corrected chi connectivity index (χ3v) is 2.99. The molecule has 0 unspecified atom stereocenters. The van der Waals surface area contributed by atoms with Gasteiger partial charge in [0.05, 0.1) is 25.1 Å². The second-order valence-corrected chi connectivity index (χ2v) is 4.43. The molecule has 20 heavy (non-hydrogen) atoms. The molecule has 1 atom stereocenters. The molecule has 1 fully saturated rings. The maximum Gasteiger partial charge on any atom is 0.243 e. The Kier molecular flexibility index (Phi) is 3.71. The number of amides is 1. The van der Waals surface area contributed by atoms with Crippen molar-refractivity contribution in [1.82, 2.24) is 20.1 Å². The SMILES string of the molecule is O=C(Nc1ccc(-n2cccn2)nc1)[C@@H]1COCCN1. The van der Waals surface area contributed by atoms with Crippen molar-refractivity contribution in [2.24, 2.45) is 0 Å². The fourth-order valence-corrected chi connectivity index (χ4v) is 1.96. The topological polar surface area (TPSA) is 81.1 Å². The third kappa shape index (κ3) is 2.84. The maximum atomic E-state index is 12.0. The van der Waals surface area contributed by atoms with Crippen molar-refractivity contribution in [2.75, 3.05) is 25.1 Å². The van der Waals surface area contributed by atoms with E-state index in [9.17, 15) is 4.79 Å². The number of hydrogen-bond acceptors (Lipinski definition) is 5. The van der Waals surface area contributed by atoms with Gasteiger partial charge in [-0.05, 0) is 18.2 Å². The Morgan fingerprint density at radius 3 is 3.10 bits per heavy atom. The van der Waals surface area contributed by atoms with Crippen LogP contribution < -0.4 is 10.6 Å². The van der Waals surface area contributed by atoms with E-state index in [0.717, 1.165) is 0 Å². The highest BCUT2D eigenvalue weighted by Gasteiger charge is 2.21. The van der Waals surface area contributed by atoms with Crippen LogP contribution >= 0.6 is 0 Å². The minimum absolute atomic E-state index is 0.113. The highest BCUT2D eigenvalue weighted by molar-refractivity contribution is 5.94. The number of rotatable bonds is 3. The van der Waals surface area contributed by atoms with Crippen LogP contribution in [0.1, 0.15) is 0 Å². The molecule has 0 bridgehead atoms. The molecule has 0 saturated carbocycles. The number of pyridine rings is 1. The van der Waals surface area contributed by atoms with E-state index >= 15 is 0 Å². The first kappa shape index (κ1) is 12.8. The van der Waals surface area contributed by atoms with Crippen molar-refractivity contribution >= 4 is 11.6 Å². The van der Waals surface area contributed by atoms with Crippen LogP contribution in [0.15, 0.2) is 36.8 Å². The lowest BCUT2D eigenvalue weighted by atomic mass is 10.2. The van der Waals surface area contributed by atoms with Gasteiger partial charge in [0.15, 0.2) is 5.82 Å². The van der Waals surface area contributed by atoms with E-state index in [0.29, 0.717) is 31.3 Å². The van der Waals surface area contributed by atoms with Gasteiger partial charge in [-0.25, -0.2) is 9.67 Å². The Labute approximate surface area is 116 Å². The summed E-state index contributed by atoms with van der Waals surface area (Å²) >= 11 is 0. The van der Waals surface area contributed by atoms with Crippen LogP contribution in [0.3, 0.4) is 0 Å². The molecule has 1 amide bonds. The predicted octanol–water partition coefficient (Wildman–Crippen LogP) is 0.194. The Balaban J connectivity index is 1.64. The summed E-state index contributed by atoms with van der Waals surface area (Å²) < 4.78 is 6.91. The second kappa shape index (κ2) is 5.81. The largest absolute Gasteiger partial charge is 0.378 e. The summed E-state index contributed by atoms with van der Waals surface area (Å²) in [5.74, 6) is 0.588. The van der Waals surface area contributed by atoms with E-state index in [1.807, 2.05) is 12.3 Å². The molecule has 104 valence electrons. The van der Waals surface area contributed by atoms with Crippen molar-refractivity contribution in [1.29, 1.82) is 0 Å². The molecule has 2 aromatic rings. The van der Waals surface area contributed by atoms with Gasteiger partial charge in [-0.2, -0.15) is 5.10 Å². The lowest BCUT2D eigenvalue weighted by Gasteiger charge is -2.22. The zero-order chi connectivity index (χ0) is 13.8. The molecule has 1 aliphatic heterocycles. The van der Waals surface area contributed by atoms with Crippen molar-refractivity contribution < 1.29 is 9.53 Å². The normalized spacial score (nSPS) is 18.7. The molecule has 2 aromatic heterocycles. The van der Waals surface area contributed by atoms with Crippen molar-refractivity contribution in [3.8, 4) is 5.82 Å². The van der Waals surface area contributed by atoms with Crippen LogP contribution in [0.25, 0.3) is 5.82 Å². The van der Waals surface area contributed by atoms with Gasteiger partial charge >= 0.3 is 0 Å². The van der Waals surface area contributed by atoms with Gasteiger partial charge in [-0.3, -0.25) is 4.79 Å². The zero-order valence-corrected chi connectivity index (χ0v) is 10.8. The summed E-state index contributed by atoms with van der Waals surface area (Å²) in [6.07, 6.45) is 5.11. The number of hydrogen-bond donors (Lipinski definition) is 2. The Morgan fingerprint density at radius 1 is 1.50 bits per heavy atom. The minimum Gasteiger partial charge on any atom is -0.378 e. The molecule has 1 saturated heterocycles. The molecular formula is C13H15N5O2. The maximum absolute atomic E-state index is 12.0. The summed E-state index contributed by atoms with van der Waals surface area (Å²) in [5, 5.41) is 10.0. The highest BCUT2D eigenvalue weighted by Crippen LogP contribution is 2.09. The summed E-state index contributed by atoms with van der Waals surface area (Å²) in [7, 11) is 0. The van der Waals surface area contributed by atoms with Crippen LogP contribution in [0.2, 0.25) is 0 Å². The van der Waals surface area contributed by atoms with Crippen molar-refractivity contribution in [3.05, 3.63) is 36.8 Å². The van der Waals surface area contributed by atoms with E-state index in [-0.39, 0.29) is 11.9 Å². The molecule has 3 rings (SSSR count). The van der Waals surface area contributed by atoms with Gasteiger partial charge in [0.2, 0.25) is 5.91 Å². The first-order chi connectivity index (χ1) is 9.83. The number of aromatic nitrogens is 3. The quantitative estimate of drug-likeness (QED) is 0.834. The van der Waals surface area contributed by atoms with E-state index in [4.69, 9.17) is 4.74 Å². The predicted molar refractivity (Wildman–Crippen MR) is 72.6 cm³/mol. The van der Waals surface area contributed by atoms with Crippen LogP contribution in [-0.4, -0.2) is 46.5 Å². The highest BCUT2D eigenvalue weighted by atomic mass is 16.5. The summed E-state index contributed by atoms with van der Waals surface area (Å²) in [4.78, 5) is 16.2. The molecule has 3 heterocycles. The zero-order valence-electron chi connectivity index (χ0n) is 10.8. The van der Waals surface area contributed by atoms with Crippen LogP contribution in [0.4, 0.5) is 5.69 Å². The van der Waals surface area contributed by atoms with Gasteiger partial charge in [0.25, 0.3) is 0 Å². The molecule has 0 radical (unpaired) electrons. The van der Waals surface area contributed by atoms with Gasteiger partial charge in [-0.15, -0.1) is 0 Å². The number of nitrogens with one attached hydrogen (secondary N) is 2.